The molecule has 6 nitrogen and oxygen atoms in total. The summed E-state index contributed by atoms with van der Waals surface area (Å²) in [4.78, 5) is 52.4. The Balaban J connectivity index is 1.44. The Bertz CT molecular complexity index is 1170. The van der Waals surface area contributed by atoms with Gasteiger partial charge in [-0.1, -0.05) is 53.7 Å². The highest BCUT2D eigenvalue weighted by molar-refractivity contribution is 6.38. The number of carbonyl (C=O) groups is 4. The van der Waals surface area contributed by atoms with Crippen LogP contribution >= 0.6 is 0 Å². The van der Waals surface area contributed by atoms with E-state index in [0.29, 0.717) is 31.5 Å². The molecular weight excluding hydrogens is 516 g/mol. The predicted molar refractivity (Wildman–Crippen MR) is 157 cm³/mol. The topological polar surface area (TPSA) is 86.7 Å². The van der Waals surface area contributed by atoms with E-state index in [0.717, 1.165) is 32.1 Å². The SMILES string of the molecule is C=CCOC[C@H](C)C(C)C(=O)C(=O)[C@@H](C)[C@H]1[C@@H](OC(C)=O)C[C@@]2(C)C3CCC4[C@H](C)C(=O)C=C[C@@]45C[C@@]35CC[C@]12C. The van der Waals surface area contributed by atoms with Crippen LogP contribution in [0.5, 0.6) is 0 Å². The molecule has 0 aliphatic heterocycles. The fourth-order valence-electron chi connectivity index (χ4n) is 11.0. The lowest BCUT2D eigenvalue weighted by molar-refractivity contribution is -0.156. The van der Waals surface area contributed by atoms with Crippen LogP contribution in [0.25, 0.3) is 0 Å². The summed E-state index contributed by atoms with van der Waals surface area (Å²) in [7, 11) is 0. The van der Waals surface area contributed by atoms with Gasteiger partial charge in [0.15, 0.2) is 5.78 Å². The minimum Gasteiger partial charge on any atom is -0.462 e. The van der Waals surface area contributed by atoms with Crippen LogP contribution in [0, 0.1) is 63.1 Å². The van der Waals surface area contributed by atoms with E-state index in [-0.39, 0.29) is 62.7 Å². The van der Waals surface area contributed by atoms with Gasteiger partial charge in [0, 0.05) is 30.6 Å². The molecule has 0 aromatic heterocycles. The summed E-state index contributed by atoms with van der Waals surface area (Å²) in [5.41, 5.74) is -0.127. The number of allylic oxidation sites excluding steroid dienone is 2. The number of ketones is 3. The van der Waals surface area contributed by atoms with E-state index in [1.165, 1.54) is 6.92 Å². The van der Waals surface area contributed by atoms with Crippen LogP contribution in [-0.4, -0.2) is 42.6 Å². The molecule has 12 atom stereocenters. The van der Waals surface area contributed by atoms with Crippen molar-refractivity contribution in [1.29, 1.82) is 0 Å². The Kier molecular flexibility index (Phi) is 7.61. The first-order chi connectivity index (χ1) is 19.2. The molecule has 6 heteroatoms. The summed E-state index contributed by atoms with van der Waals surface area (Å²) in [6.07, 6.45) is 11.3. The second kappa shape index (κ2) is 10.3. The Hall–Kier alpha value is -2.08. The molecule has 0 bridgehead atoms. The highest BCUT2D eigenvalue weighted by atomic mass is 16.5. The third-order valence-corrected chi connectivity index (χ3v) is 13.4. The maximum Gasteiger partial charge on any atom is 0.302 e. The number of esters is 1. The smallest absolute Gasteiger partial charge is 0.302 e. The molecule has 0 saturated heterocycles. The fourth-order valence-corrected chi connectivity index (χ4v) is 11.0. The van der Waals surface area contributed by atoms with Gasteiger partial charge in [-0.2, -0.15) is 0 Å². The van der Waals surface area contributed by atoms with Crippen molar-refractivity contribution < 1.29 is 28.7 Å². The van der Waals surface area contributed by atoms with Crippen molar-refractivity contribution in [2.75, 3.05) is 13.2 Å². The normalized spacial score (nSPS) is 44.4. The van der Waals surface area contributed by atoms with Gasteiger partial charge in [-0.25, -0.2) is 0 Å². The van der Waals surface area contributed by atoms with Gasteiger partial charge in [0.25, 0.3) is 0 Å². The molecule has 0 heterocycles. The van der Waals surface area contributed by atoms with Crippen LogP contribution in [0.3, 0.4) is 0 Å². The Labute approximate surface area is 246 Å². The van der Waals surface area contributed by atoms with Crippen molar-refractivity contribution in [3.05, 3.63) is 24.8 Å². The predicted octanol–water partition coefficient (Wildman–Crippen LogP) is 6.17. The Morgan fingerprint density at radius 2 is 1.80 bits per heavy atom. The molecule has 5 aliphatic rings. The Morgan fingerprint density at radius 3 is 2.46 bits per heavy atom. The van der Waals surface area contributed by atoms with Crippen molar-refractivity contribution in [2.24, 2.45) is 63.1 Å². The number of rotatable bonds is 10. The lowest BCUT2D eigenvalue weighted by Gasteiger charge is -2.60. The molecule has 2 spiro atoms. The van der Waals surface area contributed by atoms with Crippen molar-refractivity contribution in [3.8, 4) is 0 Å². The lowest BCUT2D eigenvalue weighted by Crippen LogP contribution is -2.55. The summed E-state index contributed by atoms with van der Waals surface area (Å²) in [6, 6.07) is 0. The first kappa shape index (κ1) is 30.4. The van der Waals surface area contributed by atoms with Crippen LogP contribution in [0.2, 0.25) is 0 Å². The minimum atomic E-state index is -0.548. The molecule has 0 aromatic rings. The van der Waals surface area contributed by atoms with Crippen LogP contribution in [0.4, 0.5) is 0 Å². The quantitative estimate of drug-likeness (QED) is 0.136. The monoisotopic (exact) mass is 566 g/mol. The molecule has 5 rings (SSSR count). The molecule has 0 N–H and O–H groups in total. The second-order valence-electron chi connectivity index (χ2n) is 15.0. The average Bonchev–Trinajstić information content (AvgIpc) is 3.53. The number of carbonyl (C=O) groups excluding carboxylic acids is 4. The number of ether oxygens (including phenoxy) is 2. The van der Waals surface area contributed by atoms with E-state index in [9.17, 15) is 19.2 Å². The number of Topliss-reactive ketones (excluding diaryl/α,β-unsaturated/α-hetero) is 2. The van der Waals surface area contributed by atoms with Gasteiger partial charge >= 0.3 is 5.97 Å². The van der Waals surface area contributed by atoms with Crippen LogP contribution in [-0.2, 0) is 28.7 Å². The summed E-state index contributed by atoms with van der Waals surface area (Å²) in [6.45, 7) is 18.4. The zero-order valence-corrected chi connectivity index (χ0v) is 26.2. The van der Waals surface area contributed by atoms with Gasteiger partial charge in [0.05, 0.1) is 13.2 Å². The lowest BCUT2D eigenvalue weighted by atomic mass is 9.43. The first-order valence-electron chi connectivity index (χ1n) is 15.9. The van der Waals surface area contributed by atoms with Gasteiger partial charge in [-0.15, -0.1) is 6.58 Å². The first-order valence-corrected chi connectivity index (χ1v) is 15.9. The average molecular weight is 567 g/mol. The zero-order valence-electron chi connectivity index (χ0n) is 26.2. The van der Waals surface area contributed by atoms with E-state index in [1.807, 2.05) is 26.8 Å². The molecule has 226 valence electrons. The number of fused-ring (bicyclic) bond motifs is 2. The van der Waals surface area contributed by atoms with Crippen molar-refractivity contribution in [3.63, 3.8) is 0 Å². The van der Waals surface area contributed by atoms with E-state index in [2.05, 4.69) is 33.4 Å². The van der Waals surface area contributed by atoms with Crippen molar-refractivity contribution in [2.45, 2.75) is 93.1 Å². The molecule has 0 radical (unpaired) electrons. The van der Waals surface area contributed by atoms with Gasteiger partial charge in [0.1, 0.15) is 6.10 Å². The number of hydrogen-bond acceptors (Lipinski definition) is 6. The van der Waals surface area contributed by atoms with E-state index < -0.39 is 17.9 Å². The highest BCUT2D eigenvalue weighted by Gasteiger charge is 2.81. The Morgan fingerprint density at radius 1 is 1.10 bits per heavy atom. The number of hydrogen-bond donors (Lipinski definition) is 0. The van der Waals surface area contributed by atoms with Crippen molar-refractivity contribution >= 4 is 23.3 Å². The molecule has 4 fully saturated rings. The van der Waals surface area contributed by atoms with Gasteiger partial charge in [-0.3, -0.25) is 19.2 Å². The maximum absolute atomic E-state index is 13.9. The van der Waals surface area contributed by atoms with E-state index >= 15 is 0 Å². The van der Waals surface area contributed by atoms with Crippen molar-refractivity contribution in [1.82, 2.24) is 0 Å². The summed E-state index contributed by atoms with van der Waals surface area (Å²) in [5, 5.41) is 0. The summed E-state index contributed by atoms with van der Waals surface area (Å²) in [5.74, 6) is -1.20. The molecule has 0 aromatic carbocycles. The zero-order chi connectivity index (χ0) is 30.1. The second-order valence-corrected chi connectivity index (χ2v) is 15.0. The van der Waals surface area contributed by atoms with Crippen LogP contribution < -0.4 is 0 Å². The highest BCUT2D eigenvalue weighted by Crippen LogP contribution is 2.87. The van der Waals surface area contributed by atoms with E-state index in [1.54, 1.807) is 6.08 Å². The minimum absolute atomic E-state index is 0.0711. The van der Waals surface area contributed by atoms with Crippen LogP contribution in [0.1, 0.15) is 87.0 Å². The largest absolute Gasteiger partial charge is 0.462 e. The molecule has 41 heavy (non-hydrogen) atoms. The third-order valence-electron chi connectivity index (χ3n) is 13.4. The maximum atomic E-state index is 13.9. The summed E-state index contributed by atoms with van der Waals surface area (Å²) < 4.78 is 11.6. The molecular formula is C35H50O6. The summed E-state index contributed by atoms with van der Waals surface area (Å²) >= 11 is 0. The molecule has 5 aliphatic carbocycles. The van der Waals surface area contributed by atoms with Crippen LogP contribution in [0.15, 0.2) is 24.8 Å². The molecule has 4 saturated carbocycles. The fraction of sp³-hybridized carbons (Fsp3) is 0.771. The van der Waals surface area contributed by atoms with E-state index in [4.69, 9.17) is 9.47 Å². The molecule has 3 unspecified atom stereocenters. The van der Waals surface area contributed by atoms with Gasteiger partial charge in [-0.05, 0) is 84.0 Å². The third kappa shape index (κ3) is 4.20. The standard InChI is InChI=1S/C35H50O6/c1-9-16-40-18-20(2)21(3)30(38)31(39)23(5)29-27(41-24(6)36)17-33(8)28-11-10-25-22(4)26(37)12-13-34(25)19-35(28,34)15-14-32(29,33)7/h9,12-13,20-23,25,27-29H,1,10-11,14-19H2,2-8H3/t20-,21?,22-,23-,25?,27-,28?,29-,32+,33-,34+,35-/m0/s1. The van der Waals surface area contributed by atoms with Gasteiger partial charge in [0.2, 0.25) is 11.6 Å². The molecule has 0 amide bonds. The van der Waals surface area contributed by atoms with Gasteiger partial charge < -0.3 is 9.47 Å².